The molecule has 3 N–H and O–H groups in total. The molecule has 1 amide bonds. The van der Waals surface area contributed by atoms with Crippen molar-refractivity contribution >= 4 is 23.5 Å². The zero-order chi connectivity index (χ0) is 29.5. The molecule has 4 aromatic rings. The highest BCUT2D eigenvalue weighted by atomic mass is 19.1. The largest absolute Gasteiger partial charge is 0.378 e. The summed E-state index contributed by atoms with van der Waals surface area (Å²) in [5.74, 6) is 0.882. The van der Waals surface area contributed by atoms with Gasteiger partial charge in [0.25, 0.3) is 5.91 Å². The van der Waals surface area contributed by atoms with E-state index in [1.54, 1.807) is 55.4 Å². The highest BCUT2D eigenvalue weighted by molar-refractivity contribution is 5.95. The number of anilines is 2. The van der Waals surface area contributed by atoms with Crippen LogP contribution in [0.4, 0.5) is 16.0 Å². The Kier molecular flexibility index (Phi) is 8.98. The molecule has 1 fully saturated rings. The average molecular weight is 569 g/mol. The molecule has 4 heterocycles. The van der Waals surface area contributed by atoms with E-state index in [1.807, 2.05) is 30.5 Å². The van der Waals surface area contributed by atoms with Crippen LogP contribution >= 0.6 is 0 Å². The first-order chi connectivity index (χ1) is 20.4. The lowest BCUT2D eigenvalue weighted by Gasteiger charge is -2.30. The second kappa shape index (κ2) is 13.2. The molecule has 1 aliphatic rings. The molecule has 42 heavy (non-hydrogen) atoms. The van der Waals surface area contributed by atoms with Gasteiger partial charge in [-0.2, -0.15) is 0 Å². The number of morpholine rings is 1. The smallest absolute Gasteiger partial charge is 0.256 e. The summed E-state index contributed by atoms with van der Waals surface area (Å²) < 4.78 is 20.2. The van der Waals surface area contributed by atoms with Gasteiger partial charge in [0.2, 0.25) is 0 Å². The lowest BCUT2D eigenvalue weighted by atomic mass is 10.0. The van der Waals surface area contributed by atoms with E-state index in [-0.39, 0.29) is 24.2 Å². The van der Waals surface area contributed by atoms with E-state index in [4.69, 9.17) is 10.5 Å². The minimum atomic E-state index is -0.572. The second-order valence-electron chi connectivity index (χ2n) is 9.84. The van der Waals surface area contributed by atoms with Crippen LogP contribution in [0.2, 0.25) is 0 Å². The molecule has 5 rings (SSSR count). The van der Waals surface area contributed by atoms with Crippen molar-refractivity contribution < 1.29 is 13.9 Å². The number of hydrogen-bond donors (Lipinski definition) is 2. The highest BCUT2D eigenvalue weighted by Crippen LogP contribution is 2.27. The number of amides is 1. The standard InChI is InChI=1S/C31H33FN8O2/c1-21(26-5-3-4-6-27(26)32)40(30(41)24-8-11-28(36-19-24)38-31(33)34-2)20-25-10-7-22(17-35-25)23-9-12-29(37-18-23)39-13-15-42-16-14-39/h3-12,17-19,21H,13-16,20H2,1-2H3,(H3,33,34,36,38)/t21-/m1/s1. The molecule has 0 radical (unpaired) electrons. The number of carbonyl (C=O) groups is 1. The monoisotopic (exact) mass is 568 g/mol. The molecule has 1 saturated heterocycles. The number of nitrogens with zero attached hydrogens (tertiary/aromatic N) is 6. The molecule has 1 aromatic carbocycles. The van der Waals surface area contributed by atoms with E-state index in [0.29, 0.717) is 35.9 Å². The Morgan fingerprint density at radius 3 is 2.38 bits per heavy atom. The molecular weight excluding hydrogens is 535 g/mol. The van der Waals surface area contributed by atoms with Crippen molar-refractivity contribution in [2.75, 3.05) is 43.6 Å². The molecule has 0 unspecified atom stereocenters. The van der Waals surface area contributed by atoms with E-state index >= 15 is 0 Å². The number of aromatic nitrogens is 3. The first kappa shape index (κ1) is 28.6. The molecule has 0 aliphatic carbocycles. The normalized spacial score (nSPS) is 14.4. The SMILES string of the molecule is CN=C(N)Nc1ccc(C(=O)N(Cc2ccc(-c3ccc(N4CCOCC4)nc3)cn2)[C@H](C)c2ccccc2F)cn1. The first-order valence-electron chi connectivity index (χ1n) is 13.7. The summed E-state index contributed by atoms with van der Waals surface area (Å²) in [7, 11) is 1.56. The molecular formula is C31H33FN8O2. The zero-order valence-corrected chi connectivity index (χ0v) is 23.6. The molecule has 1 atom stereocenters. The maximum atomic E-state index is 14.8. The Balaban J connectivity index is 1.36. The Bertz CT molecular complexity index is 1520. The fourth-order valence-corrected chi connectivity index (χ4v) is 4.71. The zero-order valence-electron chi connectivity index (χ0n) is 23.6. The molecule has 3 aromatic heterocycles. The third kappa shape index (κ3) is 6.69. The van der Waals surface area contributed by atoms with E-state index in [1.165, 1.54) is 12.3 Å². The van der Waals surface area contributed by atoms with E-state index < -0.39 is 6.04 Å². The van der Waals surface area contributed by atoms with Crippen molar-refractivity contribution in [3.8, 4) is 11.1 Å². The lowest BCUT2D eigenvalue weighted by Crippen LogP contribution is -2.36. The number of carbonyl (C=O) groups excluding carboxylic acids is 1. The number of nitrogens with two attached hydrogens (primary N) is 1. The fraction of sp³-hybridized carbons (Fsp3) is 0.258. The molecule has 11 heteroatoms. The predicted molar refractivity (Wildman–Crippen MR) is 161 cm³/mol. The summed E-state index contributed by atoms with van der Waals surface area (Å²) in [6.07, 6.45) is 5.06. The van der Waals surface area contributed by atoms with Crippen LogP contribution in [0.15, 0.2) is 84.2 Å². The van der Waals surface area contributed by atoms with Gasteiger partial charge >= 0.3 is 0 Å². The summed E-state index contributed by atoms with van der Waals surface area (Å²) in [4.78, 5) is 35.0. The molecule has 0 bridgehead atoms. The number of pyridine rings is 3. The van der Waals surface area contributed by atoms with Crippen LogP contribution in [0.25, 0.3) is 11.1 Å². The van der Waals surface area contributed by atoms with Crippen LogP contribution in [0, 0.1) is 5.82 Å². The van der Waals surface area contributed by atoms with Crippen molar-refractivity contribution in [3.05, 3.63) is 102 Å². The van der Waals surface area contributed by atoms with Crippen molar-refractivity contribution in [1.29, 1.82) is 0 Å². The van der Waals surface area contributed by atoms with Crippen molar-refractivity contribution in [1.82, 2.24) is 19.9 Å². The topological polar surface area (TPSA) is 122 Å². The highest BCUT2D eigenvalue weighted by Gasteiger charge is 2.26. The van der Waals surface area contributed by atoms with Crippen LogP contribution in [-0.2, 0) is 11.3 Å². The van der Waals surface area contributed by atoms with Crippen LogP contribution in [0.3, 0.4) is 0 Å². The lowest BCUT2D eigenvalue weighted by molar-refractivity contribution is 0.0668. The third-order valence-electron chi connectivity index (χ3n) is 7.16. The predicted octanol–water partition coefficient (Wildman–Crippen LogP) is 4.27. The van der Waals surface area contributed by atoms with Crippen LogP contribution in [-0.4, -0.2) is 65.1 Å². The number of rotatable bonds is 8. The van der Waals surface area contributed by atoms with Crippen molar-refractivity contribution in [3.63, 3.8) is 0 Å². The minimum absolute atomic E-state index is 0.165. The number of nitrogens with one attached hydrogen (secondary N) is 1. The van der Waals surface area contributed by atoms with Crippen molar-refractivity contribution in [2.24, 2.45) is 10.7 Å². The second-order valence-corrected chi connectivity index (χ2v) is 9.84. The maximum Gasteiger partial charge on any atom is 0.256 e. The van der Waals surface area contributed by atoms with E-state index in [9.17, 15) is 9.18 Å². The maximum absolute atomic E-state index is 14.8. The van der Waals surface area contributed by atoms with Gasteiger partial charge in [-0.1, -0.05) is 24.3 Å². The van der Waals surface area contributed by atoms with Crippen LogP contribution in [0.1, 0.15) is 34.6 Å². The number of ether oxygens (including phenoxy) is 1. The fourth-order valence-electron chi connectivity index (χ4n) is 4.71. The number of aliphatic imine (C=N–C) groups is 1. The van der Waals surface area contributed by atoms with Gasteiger partial charge in [-0.25, -0.2) is 14.4 Å². The number of benzene rings is 1. The molecule has 0 spiro atoms. The number of halogens is 1. The van der Waals surface area contributed by atoms with Crippen molar-refractivity contribution in [2.45, 2.75) is 19.5 Å². The molecule has 216 valence electrons. The minimum Gasteiger partial charge on any atom is -0.378 e. The molecule has 10 nitrogen and oxygen atoms in total. The Labute approximate surface area is 244 Å². The summed E-state index contributed by atoms with van der Waals surface area (Å²) in [5.41, 5.74) is 8.97. The average Bonchev–Trinajstić information content (AvgIpc) is 3.04. The Morgan fingerprint density at radius 1 is 1.02 bits per heavy atom. The quantitative estimate of drug-likeness (QED) is 0.239. The first-order valence-corrected chi connectivity index (χ1v) is 13.7. The van der Waals surface area contributed by atoms with Gasteiger partial charge < -0.3 is 25.6 Å². The van der Waals surface area contributed by atoms with Gasteiger partial charge in [0, 0.05) is 55.4 Å². The molecule has 0 saturated carbocycles. The molecule has 1 aliphatic heterocycles. The van der Waals surface area contributed by atoms with E-state index in [0.717, 1.165) is 30.0 Å². The number of guanidine groups is 1. The Morgan fingerprint density at radius 2 is 1.76 bits per heavy atom. The van der Waals surface area contributed by atoms with Crippen LogP contribution < -0.4 is 16.0 Å². The van der Waals surface area contributed by atoms with Gasteiger partial charge in [0.15, 0.2) is 5.96 Å². The Hall–Kier alpha value is -4.90. The summed E-state index contributed by atoms with van der Waals surface area (Å²) in [5, 5.41) is 2.84. The van der Waals surface area contributed by atoms with Gasteiger partial charge in [-0.3, -0.25) is 14.8 Å². The van der Waals surface area contributed by atoms with Crippen LogP contribution in [0.5, 0.6) is 0 Å². The van der Waals surface area contributed by atoms with E-state index in [2.05, 4.69) is 30.2 Å². The van der Waals surface area contributed by atoms with Gasteiger partial charge in [-0.05, 0) is 43.3 Å². The van der Waals surface area contributed by atoms with Gasteiger partial charge in [-0.15, -0.1) is 0 Å². The summed E-state index contributed by atoms with van der Waals surface area (Å²) >= 11 is 0. The number of hydrogen-bond acceptors (Lipinski definition) is 7. The van der Waals surface area contributed by atoms with Gasteiger partial charge in [0.05, 0.1) is 37.1 Å². The summed E-state index contributed by atoms with van der Waals surface area (Å²) in [6.45, 7) is 5.01. The van der Waals surface area contributed by atoms with Gasteiger partial charge in [0.1, 0.15) is 17.5 Å². The third-order valence-corrected chi connectivity index (χ3v) is 7.16. The summed E-state index contributed by atoms with van der Waals surface area (Å²) in [6, 6.07) is 17.0.